The summed E-state index contributed by atoms with van der Waals surface area (Å²) in [6, 6.07) is 18.9. The zero-order valence-corrected chi connectivity index (χ0v) is 22.7. The van der Waals surface area contributed by atoms with Crippen LogP contribution in [0.1, 0.15) is 40.9 Å². The number of nitrogens with zero attached hydrogens (tertiary/aromatic N) is 5. The van der Waals surface area contributed by atoms with Gasteiger partial charge in [0.2, 0.25) is 5.95 Å². The molecule has 0 aliphatic carbocycles. The maximum atomic E-state index is 11.5. The summed E-state index contributed by atoms with van der Waals surface area (Å²) >= 11 is 0. The maximum absolute atomic E-state index is 11.5. The number of likely N-dealkylation sites (N-methyl/N-ethyl adjacent to an activating group) is 2. The molecule has 1 unspecified atom stereocenters. The zero-order valence-electron chi connectivity index (χ0n) is 22.7. The summed E-state index contributed by atoms with van der Waals surface area (Å²) in [6.45, 7) is 5.67. The van der Waals surface area contributed by atoms with E-state index in [0.717, 1.165) is 37.0 Å². The van der Waals surface area contributed by atoms with E-state index in [4.69, 9.17) is 4.74 Å². The molecule has 0 fully saturated rings. The van der Waals surface area contributed by atoms with Crippen molar-refractivity contribution in [3.63, 3.8) is 0 Å². The molecule has 1 heterocycles. The molecule has 1 atom stereocenters. The molecule has 0 saturated carbocycles. The van der Waals surface area contributed by atoms with Crippen molar-refractivity contribution in [2.75, 3.05) is 69.5 Å². The van der Waals surface area contributed by atoms with Crippen molar-refractivity contribution < 1.29 is 9.53 Å². The first-order valence-electron chi connectivity index (χ1n) is 12.8. The fourth-order valence-corrected chi connectivity index (χ4v) is 4.02. The van der Waals surface area contributed by atoms with E-state index in [1.807, 2.05) is 24.9 Å². The number of ether oxygens (including phenoxy) is 1. The lowest BCUT2D eigenvalue weighted by atomic mass is 10.1. The highest BCUT2D eigenvalue weighted by molar-refractivity contribution is 5.82. The number of nitrogens with one attached hydrogen (secondary N) is 1. The lowest BCUT2D eigenvalue weighted by Gasteiger charge is -2.26. The standard InChI is InChI=1S/C29H40N6O2/c1-6-30-29-31-20-25(21-36)28(32-29)35(5)18-17-34(4)26-14-10-11-23(19-26)22-37-27(15-16-33(2)3)24-12-8-7-9-13-24/h7-14,19-21,27H,6,15-18,22H2,1-5H3,(H,30,31,32). The number of hydrogen-bond acceptors (Lipinski definition) is 8. The second kappa shape index (κ2) is 14.3. The van der Waals surface area contributed by atoms with E-state index in [1.54, 1.807) is 6.20 Å². The second-order valence-corrected chi connectivity index (χ2v) is 9.44. The molecular weight excluding hydrogens is 464 g/mol. The Morgan fingerprint density at radius 2 is 1.73 bits per heavy atom. The molecule has 198 valence electrons. The zero-order chi connectivity index (χ0) is 26.6. The lowest BCUT2D eigenvalue weighted by molar-refractivity contribution is 0.0296. The molecule has 8 heteroatoms. The number of rotatable bonds is 15. The molecule has 8 nitrogen and oxygen atoms in total. The number of benzene rings is 2. The van der Waals surface area contributed by atoms with Crippen LogP contribution in [0.3, 0.4) is 0 Å². The number of anilines is 3. The predicted molar refractivity (Wildman–Crippen MR) is 152 cm³/mol. The summed E-state index contributed by atoms with van der Waals surface area (Å²) in [5.74, 6) is 1.15. The van der Waals surface area contributed by atoms with Gasteiger partial charge >= 0.3 is 0 Å². The molecule has 0 bridgehead atoms. The van der Waals surface area contributed by atoms with E-state index in [9.17, 15) is 4.79 Å². The summed E-state index contributed by atoms with van der Waals surface area (Å²) in [5, 5.41) is 3.11. The number of hydrogen-bond donors (Lipinski definition) is 1. The van der Waals surface area contributed by atoms with Crippen LogP contribution in [0.2, 0.25) is 0 Å². The summed E-state index contributed by atoms with van der Waals surface area (Å²) in [5.41, 5.74) is 3.94. The van der Waals surface area contributed by atoms with Crippen LogP contribution in [0, 0.1) is 0 Å². The molecule has 0 amide bonds. The fourth-order valence-electron chi connectivity index (χ4n) is 4.02. The van der Waals surface area contributed by atoms with Gasteiger partial charge in [-0.3, -0.25) is 4.79 Å². The monoisotopic (exact) mass is 504 g/mol. The van der Waals surface area contributed by atoms with E-state index in [-0.39, 0.29) is 6.10 Å². The first-order chi connectivity index (χ1) is 17.9. The summed E-state index contributed by atoms with van der Waals surface area (Å²) in [4.78, 5) is 26.6. The van der Waals surface area contributed by atoms with Gasteiger partial charge < -0.3 is 24.8 Å². The summed E-state index contributed by atoms with van der Waals surface area (Å²) < 4.78 is 6.41. The van der Waals surface area contributed by atoms with Gasteiger partial charge in [-0.15, -0.1) is 0 Å². The molecule has 0 aliphatic heterocycles. The Balaban J connectivity index is 1.62. The van der Waals surface area contributed by atoms with Gasteiger partial charge in [0.1, 0.15) is 5.82 Å². The van der Waals surface area contributed by atoms with Crippen molar-refractivity contribution in [1.82, 2.24) is 14.9 Å². The number of aldehydes is 1. The number of carbonyl (C=O) groups is 1. The largest absolute Gasteiger partial charge is 0.373 e. The van der Waals surface area contributed by atoms with Gasteiger partial charge in [0.25, 0.3) is 0 Å². The van der Waals surface area contributed by atoms with Crippen molar-refractivity contribution in [3.8, 4) is 0 Å². The molecule has 1 aromatic heterocycles. The van der Waals surface area contributed by atoms with Gasteiger partial charge in [0.15, 0.2) is 6.29 Å². The molecule has 0 aliphatic rings. The van der Waals surface area contributed by atoms with Gasteiger partial charge in [-0.25, -0.2) is 4.98 Å². The maximum Gasteiger partial charge on any atom is 0.224 e. The molecule has 37 heavy (non-hydrogen) atoms. The Labute approximate surface area is 221 Å². The molecule has 0 radical (unpaired) electrons. The van der Waals surface area contributed by atoms with Crippen molar-refractivity contribution in [1.29, 1.82) is 0 Å². The predicted octanol–water partition coefficient (Wildman–Crippen LogP) is 4.50. The van der Waals surface area contributed by atoms with Crippen LogP contribution in [-0.4, -0.2) is 75.5 Å². The third-order valence-corrected chi connectivity index (χ3v) is 6.20. The SMILES string of the molecule is CCNc1ncc(C=O)c(N(C)CCN(C)c2cccc(COC(CCN(C)C)c3ccccc3)c2)n1. The van der Waals surface area contributed by atoms with Crippen LogP contribution >= 0.6 is 0 Å². The normalized spacial score (nSPS) is 11.8. The van der Waals surface area contributed by atoms with E-state index in [2.05, 4.69) is 94.8 Å². The van der Waals surface area contributed by atoms with Gasteiger partial charge in [-0.1, -0.05) is 42.5 Å². The summed E-state index contributed by atoms with van der Waals surface area (Å²) in [7, 11) is 8.19. The minimum atomic E-state index is 0.0469. The minimum absolute atomic E-state index is 0.0469. The quantitative estimate of drug-likeness (QED) is 0.303. The molecule has 2 aromatic carbocycles. The smallest absolute Gasteiger partial charge is 0.224 e. The van der Waals surface area contributed by atoms with Gasteiger partial charge in [0, 0.05) is 52.2 Å². The van der Waals surface area contributed by atoms with Crippen LogP contribution in [0.5, 0.6) is 0 Å². The van der Waals surface area contributed by atoms with E-state index in [1.165, 1.54) is 5.56 Å². The van der Waals surface area contributed by atoms with Gasteiger partial charge in [0.05, 0.1) is 18.3 Å². The van der Waals surface area contributed by atoms with E-state index in [0.29, 0.717) is 37.0 Å². The third-order valence-electron chi connectivity index (χ3n) is 6.20. The molecule has 1 N–H and O–H groups in total. The fraction of sp³-hybridized carbons (Fsp3) is 0.414. The molecular formula is C29H40N6O2. The van der Waals surface area contributed by atoms with Crippen LogP contribution in [0.4, 0.5) is 17.5 Å². The highest BCUT2D eigenvalue weighted by Gasteiger charge is 2.14. The highest BCUT2D eigenvalue weighted by Crippen LogP contribution is 2.24. The Morgan fingerprint density at radius 1 is 0.973 bits per heavy atom. The van der Waals surface area contributed by atoms with E-state index >= 15 is 0 Å². The van der Waals surface area contributed by atoms with Crippen molar-refractivity contribution in [2.24, 2.45) is 0 Å². The Bertz CT molecular complexity index is 1110. The molecule has 0 saturated heterocycles. The van der Waals surface area contributed by atoms with E-state index < -0.39 is 0 Å². The van der Waals surface area contributed by atoms with Crippen LogP contribution in [-0.2, 0) is 11.3 Å². The van der Waals surface area contributed by atoms with Crippen molar-refractivity contribution in [3.05, 3.63) is 77.5 Å². The Hall–Kier alpha value is -3.49. The van der Waals surface area contributed by atoms with Crippen molar-refractivity contribution in [2.45, 2.75) is 26.1 Å². The molecule has 3 aromatic rings. The van der Waals surface area contributed by atoms with Crippen LogP contribution < -0.4 is 15.1 Å². The first-order valence-corrected chi connectivity index (χ1v) is 12.8. The Kier molecular flexibility index (Phi) is 10.9. The Morgan fingerprint density at radius 3 is 2.43 bits per heavy atom. The van der Waals surface area contributed by atoms with Crippen LogP contribution in [0.25, 0.3) is 0 Å². The average molecular weight is 505 g/mol. The minimum Gasteiger partial charge on any atom is -0.373 e. The first kappa shape index (κ1) is 28.1. The highest BCUT2D eigenvalue weighted by atomic mass is 16.5. The van der Waals surface area contributed by atoms with Gasteiger partial charge in [-0.2, -0.15) is 4.98 Å². The number of aromatic nitrogens is 2. The lowest BCUT2D eigenvalue weighted by Crippen LogP contribution is -2.32. The summed E-state index contributed by atoms with van der Waals surface area (Å²) in [6.07, 6.45) is 3.35. The topological polar surface area (TPSA) is 73.8 Å². The van der Waals surface area contributed by atoms with Gasteiger partial charge in [-0.05, 0) is 50.7 Å². The average Bonchev–Trinajstić information content (AvgIpc) is 2.92. The van der Waals surface area contributed by atoms with Crippen LogP contribution in [0.15, 0.2) is 60.8 Å². The second-order valence-electron chi connectivity index (χ2n) is 9.44. The third kappa shape index (κ3) is 8.55. The molecule has 0 spiro atoms. The number of carbonyl (C=O) groups excluding carboxylic acids is 1. The molecule has 3 rings (SSSR count). The van der Waals surface area contributed by atoms with Crippen molar-refractivity contribution >= 4 is 23.7 Å².